The third-order valence-electron chi connectivity index (χ3n) is 3.64. The molecule has 3 aromatic rings. The number of carbonyl (C=O) groups is 2. The first-order valence-corrected chi connectivity index (χ1v) is 8.32. The van der Waals surface area contributed by atoms with Gasteiger partial charge in [-0.05, 0) is 30.5 Å². The standard InChI is InChI=1S/C18H19N7O2/c1-12-8-16(21-7-6-20-11-26)24-17(22-12)25-18(27)23-15-3-2-14-10-19-5-4-13(14)9-15/h2-5,8-11H,6-7H2,1H3,(H,20,26)(H3,21,22,23,24,25,27). The summed E-state index contributed by atoms with van der Waals surface area (Å²) < 4.78 is 0. The summed E-state index contributed by atoms with van der Waals surface area (Å²) in [6.45, 7) is 2.77. The summed E-state index contributed by atoms with van der Waals surface area (Å²) in [5.74, 6) is 0.743. The normalized spacial score (nSPS) is 10.3. The number of aryl methyl sites for hydroxylation is 1. The molecular weight excluding hydrogens is 346 g/mol. The summed E-state index contributed by atoms with van der Waals surface area (Å²) in [6.07, 6.45) is 4.10. The molecule has 9 heteroatoms. The number of pyridine rings is 1. The van der Waals surface area contributed by atoms with Crippen molar-refractivity contribution in [3.05, 3.63) is 48.4 Å². The van der Waals surface area contributed by atoms with E-state index < -0.39 is 6.03 Å². The minimum atomic E-state index is -0.442. The van der Waals surface area contributed by atoms with Crippen molar-refractivity contribution >= 4 is 40.7 Å². The number of nitrogens with one attached hydrogen (secondary N) is 4. The van der Waals surface area contributed by atoms with E-state index in [1.165, 1.54) is 0 Å². The first kappa shape index (κ1) is 18.1. The maximum absolute atomic E-state index is 12.3. The van der Waals surface area contributed by atoms with Gasteiger partial charge in [0.05, 0.1) is 0 Å². The van der Waals surface area contributed by atoms with Crippen molar-refractivity contribution in [3.8, 4) is 0 Å². The molecule has 0 aliphatic heterocycles. The maximum Gasteiger partial charge on any atom is 0.326 e. The molecule has 0 aliphatic carbocycles. The van der Waals surface area contributed by atoms with Crippen molar-refractivity contribution in [1.82, 2.24) is 20.3 Å². The smallest absolute Gasteiger partial charge is 0.326 e. The number of amides is 3. The van der Waals surface area contributed by atoms with Crippen LogP contribution in [-0.2, 0) is 4.79 Å². The zero-order valence-corrected chi connectivity index (χ0v) is 14.7. The van der Waals surface area contributed by atoms with E-state index in [1.54, 1.807) is 31.5 Å². The van der Waals surface area contributed by atoms with Gasteiger partial charge in [-0.25, -0.2) is 9.78 Å². The van der Waals surface area contributed by atoms with Gasteiger partial charge in [-0.1, -0.05) is 6.07 Å². The molecule has 0 unspecified atom stereocenters. The number of aromatic nitrogens is 3. The Morgan fingerprint density at radius 3 is 2.81 bits per heavy atom. The number of hydrogen-bond acceptors (Lipinski definition) is 6. The van der Waals surface area contributed by atoms with Crippen LogP contribution in [0.2, 0.25) is 0 Å². The lowest BCUT2D eigenvalue weighted by molar-refractivity contribution is -0.109. The average molecular weight is 365 g/mol. The minimum Gasteiger partial charge on any atom is -0.368 e. The van der Waals surface area contributed by atoms with Crippen LogP contribution in [-0.4, -0.2) is 40.5 Å². The topological polar surface area (TPSA) is 121 Å². The third-order valence-corrected chi connectivity index (χ3v) is 3.64. The van der Waals surface area contributed by atoms with Crippen molar-refractivity contribution < 1.29 is 9.59 Å². The lowest BCUT2D eigenvalue weighted by atomic mass is 10.1. The molecule has 0 saturated carbocycles. The molecule has 3 rings (SSSR count). The number of hydrogen-bond donors (Lipinski definition) is 4. The lowest BCUT2D eigenvalue weighted by Crippen LogP contribution is -2.23. The summed E-state index contributed by atoms with van der Waals surface area (Å²) in [5, 5.41) is 13.0. The Morgan fingerprint density at radius 1 is 1.07 bits per heavy atom. The Kier molecular flexibility index (Phi) is 5.73. The fraction of sp³-hybridized carbons (Fsp3) is 0.167. The molecule has 0 radical (unpaired) electrons. The van der Waals surface area contributed by atoms with Gasteiger partial charge in [0.25, 0.3) is 0 Å². The molecule has 27 heavy (non-hydrogen) atoms. The van der Waals surface area contributed by atoms with Crippen LogP contribution in [0.4, 0.5) is 22.2 Å². The van der Waals surface area contributed by atoms with E-state index in [4.69, 9.17) is 0 Å². The van der Waals surface area contributed by atoms with Crippen molar-refractivity contribution in [2.75, 3.05) is 29.0 Å². The number of anilines is 3. The second-order valence-electron chi connectivity index (χ2n) is 5.73. The number of fused-ring (bicyclic) bond motifs is 1. The number of nitrogens with zero attached hydrogens (tertiary/aromatic N) is 3. The molecule has 2 heterocycles. The van der Waals surface area contributed by atoms with E-state index in [0.717, 1.165) is 10.8 Å². The Morgan fingerprint density at radius 2 is 1.96 bits per heavy atom. The summed E-state index contributed by atoms with van der Waals surface area (Å²) >= 11 is 0. The monoisotopic (exact) mass is 365 g/mol. The summed E-state index contributed by atoms with van der Waals surface area (Å²) in [7, 11) is 0. The molecule has 138 valence electrons. The molecule has 4 N–H and O–H groups in total. The third kappa shape index (κ3) is 5.11. The molecular formula is C18H19N7O2. The second kappa shape index (κ2) is 8.56. The summed E-state index contributed by atoms with van der Waals surface area (Å²) in [4.78, 5) is 35.0. The number of urea groups is 1. The average Bonchev–Trinajstić information content (AvgIpc) is 2.64. The van der Waals surface area contributed by atoms with Crippen molar-refractivity contribution in [1.29, 1.82) is 0 Å². The van der Waals surface area contributed by atoms with Crippen molar-refractivity contribution in [2.24, 2.45) is 0 Å². The van der Waals surface area contributed by atoms with Crippen LogP contribution in [0.1, 0.15) is 5.69 Å². The number of benzene rings is 1. The van der Waals surface area contributed by atoms with Crippen LogP contribution in [0, 0.1) is 6.92 Å². The predicted octanol–water partition coefficient (Wildman–Crippen LogP) is 2.14. The van der Waals surface area contributed by atoms with Crippen LogP contribution in [0.15, 0.2) is 42.7 Å². The summed E-state index contributed by atoms with van der Waals surface area (Å²) in [5.41, 5.74) is 1.35. The zero-order valence-electron chi connectivity index (χ0n) is 14.7. The Bertz CT molecular complexity index is 961. The molecule has 0 fully saturated rings. The van der Waals surface area contributed by atoms with E-state index in [-0.39, 0.29) is 5.95 Å². The molecule has 0 aliphatic rings. The van der Waals surface area contributed by atoms with E-state index >= 15 is 0 Å². The first-order chi connectivity index (χ1) is 13.1. The quantitative estimate of drug-likeness (QED) is 0.376. The molecule has 2 aromatic heterocycles. The molecule has 9 nitrogen and oxygen atoms in total. The first-order valence-electron chi connectivity index (χ1n) is 8.32. The van der Waals surface area contributed by atoms with Gasteiger partial charge in [-0.3, -0.25) is 15.1 Å². The highest BCUT2D eigenvalue weighted by molar-refractivity contribution is 6.00. The zero-order chi connectivity index (χ0) is 19.1. The van der Waals surface area contributed by atoms with Gasteiger partial charge >= 0.3 is 6.03 Å². The highest BCUT2D eigenvalue weighted by atomic mass is 16.2. The molecule has 3 amide bonds. The van der Waals surface area contributed by atoms with Gasteiger partial charge in [0.15, 0.2) is 0 Å². The van der Waals surface area contributed by atoms with Crippen LogP contribution >= 0.6 is 0 Å². The van der Waals surface area contributed by atoms with Gasteiger partial charge in [0.1, 0.15) is 5.82 Å². The number of carbonyl (C=O) groups excluding carboxylic acids is 2. The molecule has 0 bridgehead atoms. The Hall–Kier alpha value is -3.75. The largest absolute Gasteiger partial charge is 0.368 e. The van der Waals surface area contributed by atoms with Crippen LogP contribution < -0.4 is 21.3 Å². The SMILES string of the molecule is Cc1cc(NCCNC=O)nc(NC(=O)Nc2ccc3cnccc3c2)n1. The van der Waals surface area contributed by atoms with Crippen LogP contribution in [0.5, 0.6) is 0 Å². The van der Waals surface area contributed by atoms with E-state index in [9.17, 15) is 9.59 Å². The lowest BCUT2D eigenvalue weighted by Gasteiger charge is -2.10. The van der Waals surface area contributed by atoms with Crippen molar-refractivity contribution in [2.45, 2.75) is 6.92 Å². The van der Waals surface area contributed by atoms with E-state index in [1.807, 2.05) is 18.2 Å². The fourth-order valence-electron chi connectivity index (χ4n) is 2.46. The van der Waals surface area contributed by atoms with Gasteiger partial charge in [-0.15, -0.1) is 0 Å². The predicted molar refractivity (Wildman–Crippen MR) is 104 cm³/mol. The Balaban J connectivity index is 1.64. The van der Waals surface area contributed by atoms with Gasteiger partial charge in [0.2, 0.25) is 12.4 Å². The fourth-order valence-corrected chi connectivity index (χ4v) is 2.46. The molecule has 0 saturated heterocycles. The Labute approximate surface area is 155 Å². The molecule has 1 aromatic carbocycles. The van der Waals surface area contributed by atoms with Gasteiger partial charge in [-0.2, -0.15) is 4.98 Å². The van der Waals surface area contributed by atoms with Crippen LogP contribution in [0.3, 0.4) is 0 Å². The molecule has 0 spiro atoms. The highest BCUT2D eigenvalue weighted by Gasteiger charge is 2.08. The number of rotatable bonds is 7. The minimum absolute atomic E-state index is 0.184. The van der Waals surface area contributed by atoms with Crippen molar-refractivity contribution in [3.63, 3.8) is 0 Å². The van der Waals surface area contributed by atoms with E-state index in [0.29, 0.717) is 36.7 Å². The summed E-state index contributed by atoms with van der Waals surface area (Å²) in [6, 6.07) is 8.73. The molecule has 0 atom stereocenters. The maximum atomic E-state index is 12.3. The van der Waals surface area contributed by atoms with Gasteiger partial charge < -0.3 is 16.0 Å². The second-order valence-corrected chi connectivity index (χ2v) is 5.73. The van der Waals surface area contributed by atoms with Gasteiger partial charge in [0, 0.05) is 48.3 Å². The van der Waals surface area contributed by atoms with Crippen LogP contribution in [0.25, 0.3) is 10.8 Å². The van der Waals surface area contributed by atoms with E-state index in [2.05, 4.69) is 36.2 Å². The highest BCUT2D eigenvalue weighted by Crippen LogP contribution is 2.18.